The molecular formula is C17H14ClFNO3-. The van der Waals surface area contributed by atoms with Crippen LogP contribution in [0.1, 0.15) is 23.6 Å². The lowest BCUT2D eigenvalue weighted by molar-refractivity contribution is -0.306. The summed E-state index contributed by atoms with van der Waals surface area (Å²) in [6.45, 7) is 0. The number of halogens is 2. The van der Waals surface area contributed by atoms with Gasteiger partial charge in [0, 0.05) is 17.4 Å². The van der Waals surface area contributed by atoms with E-state index >= 15 is 0 Å². The van der Waals surface area contributed by atoms with Crippen molar-refractivity contribution in [1.29, 1.82) is 0 Å². The first-order valence-corrected chi connectivity index (χ1v) is 7.31. The second kappa shape index (κ2) is 7.74. The summed E-state index contributed by atoms with van der Waals surface area (Å²) < 4.78 is 13.0. The molecule has 0 heterocycles. The second-order valence-electron chi connectivity index (χ2n) is 5.05. The molecule has 4 nitrogen and oxygen atoms in total. The van der Waals surface area contributed by atoms with Crippen LogP contribution in [0.2, 0.25) is 5.02 Å². The Morgan fingerprint density at radius 3 is 2.26 bits per heavy atom. The molecule has 0 aromatic heterocycles. The van der Waals surface area contributed by atoms with Crippen LogP contribution >= 0.6 is 11.6 Å². The zero-order valence-electron chi connectivity index (χ0n) is 12.1. The van der Waals surface area contributed by atoms with Gasteiger partial charge in [-0.1, -0.05) is 35.9 Å². The van der Waals surface area contributed by atoms with Crippen molar-refractivity contribution in [2.24, 2.45) is 0 Å². The molecule has 6 heteroatoms. The van der Waals surface area contributed by atoms with Crippen molar-refractivity contribution in [3.63, 3.8) is 0 Å². The Bertz CT molecular complexity index is 686. The van der Waals surface area contributed by atoms with E-state index in [2.05, 4.69) is 5.32 Å². The molecular weight excluding hydrogens is 321 g/mol. The number of benzene rings is 2. The average Bonchev–Trinajstić information content (AvgIpc) is 2.49. The van der Waals surface area contributed by atoms with E-state index in [-0.39, 0.29) is 12.3 Å². The van der Waals surface area contributed by atoms with E-state index in [1.54, 1.807) is 24.3 Å². The summed E-state index contributed by atoms with van der Waals surface area (Å²) in [5.41, 5.74) is 1.25. The highest BCUT2D eigenvalue weighted by Crippen LogP contribution is 2.18. The molecule has 0 saturated carbocycles. The van der Waals surface area contributed by atoms with Crippen LogP contribution < -0.4 is 10.4 Å². The van der Waals surface area contributed by atoms with Crippen LogP contribution in [0.4, 0.5) is 4.39 Å². The Labute approximate surface area is 137 Å². The number of carboxylic acid groups (broad SMARTS) is 1. The van der Waals surface area contributed by atoms with Crippen LogP contribution in [-0.2, 0) is 16.0 Å². The molecule has 1 amide bonds. The molecule has 1 atom stereocenters. The molecule has 120 valence electrons. The Morgan fingerprint density at radius 1 is 1.09 bits per heavy atom. The predicted molar refractivity (Wildman–Crippen MR) is 82.1 cm³/mol. The van der Waals surface area contributed by atoms with Crippen molar-refractivity contribution >= 4 is 23.5 Å². The maximum atomic E-state index is 13.0. The standard InChI is InChI=1S/C17H15ClFNO3/c18-13-5-1-11(2-6-13)9-16(21)20-15(10-17(22)23)12-3-7-14(19)8-4-12/h1-8,15H,9-10H2,(H,20,21)(H,22,23)/p-1/t15-/m1/s1. The molecule has 23 heavy (non-hydrogen) atoms. The summed E-state index contributed by atoms with van der Waals surface area (Å²) in [6, 6.07) is 11.3. The molecule has 2 aromatic rings. The first-order valence-electron chi connectivity index (χ1n) is 6.93. The van der Waals surface area contributed by atoms with Gasteiger partial charge >= 0.3 is 0 Å². The molecule has 0 unspecified atom stereocenters. The molecule has 0 aliphatic rings. The first kappa shape index (κ1) is 17.0. The van der Waals surface area contributed by atoms with Gasteiger partial charge in [-0.2, -0.15) is 0 Å². The van der Waals surface area contributed by atoms with Crippen molar-refractivity contribution in [3.8, 4) is 0 Å². The number of hydrogen-bond donors (Lipinski definition) is 1. The maximum Gasteiger partial charge on any atom is 0.224 e. The normalized spacial score (nSPS) is 11.7. The number of carbonyl (C=O) groups is 2. The lowest BCUT2D eigenvalue weighted by atomic mass is 10.0. The fourth-order valence-electron chi connectivity index (χ4n) is 2.15. The van der Waals surface area contributed by atoms with Crippen LogP contribution in [0.25, 0.3) is 0 Å². The van der Waals surface area contributed by atoms with Crippen molar-refractivity contribution < 1.29 is 19.1 Å². The van der Waals surface area contributed by atoms with Gasteiger partial charge in [-0.05, 0) is 35.4 Å². The fraction of sp³-hybridized carbons (Fsp3) is 0.176. The maximum absolute atomic E-state index is 13.0. The molecule has 0 spiro atoms. The van der Waals surface area contributed by atoms with Gasteiger partial charge in [-0.3, -0.25) is 4.79 Å². The smallest absolute Gasteiger partial charge is 0.224 e. The Kier molecular flexibility index (Phi) is 5.71. The SMILES string of the molecule is O=C([O-])C[C@@H](NC(=O)Cc1ccc(Cl)cc1)c1ccc(F)cc1. The predicted octanol–water partition coefficient (Wildman–Crippen LogP) is 2.02. The van der Waals surface area contributed by atoms with Crippen molar-refractivity contribution in [2.75, 3.05) is 0 Å². The summed E-state index contributed by atoms with van der Waals surface area (Å²) >= 11 is 5.78. The second-order valence-corrected chi connectivity index (χ2v) is 5.49. The van der Waals surface area contributed by atoms with Crippen molar-refractivity contribution in [1.82, 2.24) is 5.32 Å². The molecule has 0 aliphatic carbocycles. The Hall–Kier alpha value is -2.40. The van der Waals surface area contributed by atoms with E-state index in [1.165, 1.54) is 24.3 Å². The minimum Gasteiger partial charge on any atom is -0.550 e. The Morgan fingerprint density at radius 2 is 1.70 bits per heavy atom. The highest BCUT2D eigenvalue weighted by atomic mass is 35.5. The first-order chi connectivity index (χ1) is 10.9. The zero-order chi connectivity index (χ0) is 16.8. The van der Waals surface area contributed by atoms with Gasteiger partial charge in [0.05, 0.1) is 12.5 Å². The number of carbonyl (C=O) groups excluding carboxylic acids is 2. The number of rotatable bonds is 6. The number of aliphatic carboxylic acids is 1. The third kappa shape index (κ3) is 5.38. The van der Waals surface area contributed by atoms with Crippen LogP contribution in [0.5, 0.6) is 0 Å². The topological polar surface area (TPSA) is 69.2 Å². The number of amides is 1. The molecule has 0 radical (unpaired) electrons. The lowest BCUT2D eigenvalue weighted by Crippen LogP contribution is -2.35. The largest absolute Gasteiger partial charge is 0.550 e. The van der Waals surface area contributed by atoms with Crippen molar-refractivity contribution in [2.45, 2.75) is 18.9 Å². The average molecular weight is 335 g/mol. The molecule has 0 saturated heterocycles. The zero-order valence-corrected chi connectivity index (χ0v) is 12.8. The van der Waals surface area contributed by atoms with Gasteiger partial charge in [0.1, 0.15) is 5.82 Å². The monoisotopic (exact) mass is 334 g/mol. The molecule has 0 bridgehead atoms. The third-order valence-electron chi connectivity index (χ3n) is 3.26. The minimum absolute atomic E-state index is 0.0852. The summed E-state index contributed by atoms with van der Waals surface area (Å²) in [5, 5.41) is 14.1. The summed E-state index contributed by atoms with van der Waals surface area (Å²) in [4.78, 5) is 23.0. The Balaban J connectivity index is 2.07. The number of hydrogen-bond acceptors (Lipinski definition) is 3. The number of nitrogens with one attached hydrogen (secondary N) is 1. The van der Waals surface area contributed by atoms with Crippen molar-refractivity contribution in [3.05, 3.63) is 70.5 Å². The third-order valence-corrected chi connectivity index (χ3v) is 3.51. The van der Waals surface area contributed by atoms with Gasteiger partial charge in [0.15, 0.2) is 0 Å². The van der Waals surface area contributed by atoms with Gasteiger partial charge in [-0.25, -0.2) is 4.39 Å². The summed E-state index contributed by atoms with van der Waals surface area (Å²) in [5.74, 6) is -2.08. The summed E-state index contributed by atoms with van der Waals surface area (Å²) in [6.07, 6.45) is -0.306. The quantitative estimate of drug-likeness (QED) is 0.878. The highest BCUT2D eigenvalue weighted by molar-refractivity contribution is 6.30. The molecule has 1 N–H and O–H groups in total. The van der Waals surface area contributed by atoms with E-state index in [4.69, 9.17) is 11.6 Å². The van der Waals surface area contributed by atoms with Gasteiger partial charge in [0.2, 0.25) is 5.91 Å². The number of carboxylic acids is 1. The molecule has 2 rings (SSSR count). The van der Waals surface area contributed by atoms with E-state index < -0.39 is 24.2 Å². The van der Waals surface area contributed by atoms with Gasteiger partial charge < -0.3 is 15.2 Å². The minimum atomic E-state index is -1.30. The lowest BCUT2D eigenvalue weighted by Gasteiger charge is -2.20. The van der Waals surface area contributed by atoms with Crippen LogP contribution in [-0.4, -0.2) is 11.9 Å². The van der Waals surface area contributed by atoms with Crippen LogP contribution in [0, 0.1) is 5.82 Å². The van der Waals surface area contributed by atoms with Gasteiger partial charge in [-0.15, -0.1) is 0 Å². The van der Waals surface area contributed by atoms with Crippen LogP contribution in [0.3, 0.4) is 0 Å². The molecule has 0 fully saturated rings. The highest BCUT2D eigenvalue weighted by Gasteiger charge is 2.15. The summed E-state index contributed by atoms with van der Waals surface area (Å²) in [7, 11) is 0. The van der Waals surface area contributed by atoms with E-state index in [1.807, 2.05) is 0 Å². The van der Waals surface area contributed by atoms with E-state index in [0.29, 0.717) is 10.6 Å². The van der Waals surface area contributed by atoms with Crippen LogP contribution in [0.15, 0.2) is 48.5 Å². The fourth-order valence-corrected chi connectivity index (χ4v) is 2.27. The van der Waals surface area contributed by atoms with E-state index in [0.717, 1.165) is 5.56 Å². The van der Waals surface area contributed by atoms with E-state index in [9.17, 15) is 19.1 Å². The molecule has 2 aromatic carbocycles. The van der Waals surface area contributed by atoms with Gasteiger partial charge in [0.25, 0.3) is 0 Å². The molecule has 0 aliphatic heterocycles.